The number of carbonyl (C=O) groups is 1. The quantitative estimate of drug-likeness (QED) is 0.867. The standard InChI is InChI=1S/C15H24N4O/c1-11(2)10-17-14(20)13-8-9-16-15(19-13)18-12-6-4-3-5-7-12/h8-9,11-12H,3-7,10H2,1-2H3,(H,17,20)(H,16,18,19). The Labute approximate surface area is 120 Å². The summed E-state index contributed by atoms with van der Waals surface area (Å²) in [7, 11) is 0. The van der Waals surface area contributed by atoms with Gasteiger partial charge in [-0.25, -0.2) is 9.97 Å². The van der Waals surface area contributed by atoms with E-state index < -0.39 is 0 Å². The van der Waals surface area contributed by atoms with E-state index >= 15 is 0 Å². The molecule has 0 bridgehead atoms. The molecule has 1 aromatic heterocycles. The summed E-state index contributed by atoms with van der Waals surface area (Å²) >= 11 is 0. The fourth-order valence-electron chi connectivity index (χ4n) is 2.37. The van der Waals surface area contributed by atoms with Crippen molar-refractivity contribution in [2.45, 2.75) is 52.0 Å². The minimum atomic E-state index is -0.132. The Bertz CT molecular complexity index is 441. The molecule has 1 fully saturated rings. The molecule has 0 atom stereocenters. The Hall–Kier alpha value is -1.65. The molecule has 1 heterocycles. The molecule has 110 valence electrons. The molecule has 1 aliphatic carbocycles. The third kappa shape index (κ3) is 4.47. The van der Waals surface area contributed by atoms with Crippen molar-refractivity contribution >= 4 is 11.9 Å². The van der Waals surface area contributed by atoms with Gasteiger partial charge >= 0.3 is 0 Å². The van der Waals surface area contributed by atoms with E-state index in [0.29, 0.717) is 30.1 Å². The molecule has 1 saturated carbocycles. The first-order valence-electron chi connectivity index (χ1n) is 7.53. The van der Waals surface area contributed by atoms with Crippen molar-refractivity contribution in [3.05, 3.63) is 18.0 Å². The van der Waals surface area contributed by atoms with Crippen molar-refractivity contribution in [3.63, 3.8) is 0 Å². The van der Waals surface area contributed by atoms with Gasteiger partial charge in [-0.2, -0.15) is 0 Å². The summed E-state index contributed by atoms with van der Waals surface area (Å²) in [5, 5.41) is 6.21. The van der Waals surface area contributed by atoms with Gasteiger partial charge in [0, 0.05) is 18.8 Å². The highest BCUT2D eigenvalue weighted by Gasteiger charge is 2.15. The van der Waals surface area contributed by atoms with E-state index in [1.165, 1.54) is 19.3 Å². The molecule has 0 aromatic carbocycles. The lowest BCUT2D eigenvalue weighted by molar-refractivity contribution is 0.0944. The third-order valence-electron chi connectivity index (χ3n) is 3.50. The largest absolute Gasteiger partial charge is 0.351 e. The van der Waals surface area contributed by atoms with Gasteiger partial charge in [-0.05, 0) is 24.8 Å². The van der Waals surface area contributed by atoms with E-state index in [4.69, 9.17) is 0 Å². The molecule has 20 heavy (non-hydrogen) atoms. The normalized spacial score (nSPS) is 16.1. The minimum Gasteiger partial charge on any atom is -0.351 e. The maximum absolute atomic E-state index is 12.0. The van der Waals surface area contributed by atoms with Crippen molar-refractivity contribution in [3.8, 4) is 0 Å². The molecule has 1 aromatic rings. The van der Waals surface area contributed by atoms with Gasteiger partial charge in [-0.15, -0.1) is 0 Å². The first-order chi connectivity index (χ1) is 9.65. The summed E-state index contributed by atoms with van der Waals surface area (Å²) in [6.07, 6.45) is 7.79. The van der Waals surface area contributed by atoms with Crippen LogP contribution in [0.15, 0.2) is 12.3 Å². The van der Waals surface area contributed by atoms with Crippen LogP contribution in [0.5, 0.6) is 0 Å². The zero-order chi connectivity index (χ0) is 14.4. The van der Waals surface area contributed by atoms with Crippen LogP contribution in [0.4, 0.5) is 5.95 Å². The highest BCUT2D eigenvalue weighted by molar-refractivity contribution is 5.92. The first kappa shape index (κ1) is 14.8. The fourth-order valence-corrected chi connectivity index (χ4v) is 2.37. The summed E-state index contributed by atoms with van der Waals surface area (Å²) in [6, 6.07) is 2.10. The molecule has 5 heteroatoms. The number of hydrogen-bond acceptors (Lipinski definition) is 4. The van der Waals surface area contributed by atoms with Crippen LogP contribution >= 0.6 is 0 Å². The predicted molar refractivity (Wildman–Crippen MR) is 79.7 cm³/mol. The number of rotatable bonds is 5. The Morgan fingerprint density at radius 2 is 2.10 bits per heavy atom. The lowest BCUT2D eigenvalue weighted by Crippen LogP contribution is -2.29. The van der Waals surface area contributed by atoms with Crippen LogP contribution in [-0.2, 0) is 0 Å². The smallest absolute Gasteiger partial charge is 0.270 e. The van der Waals surface area contributed by atoms with E-state index in [-0.39, 0.29) is 5.91 Å². The number of amides is 1. The first-order valence-corrected chi connectivity index (χ1v) is 7.53. The van der Waals surface area contributed by atoms with Crippen molar-refractivity contribution in [2.24, 2.45) is 5.92 Å². The van der Waals surface area contributed by atoms with E-state index in [2.05, 4.69) is 34.4 Å². The van der Waals surface area contributed by atoms with Gasteiger partial charge in [0.2, 0.25) is 5.95 Å². The molecule has 1 amide bonds. The molecule has 0 spiro atoms. The number of nitrogens with one attached hydrogen (secondary N) is 2. The number of hydrogen-bond donors (Lipinski definition) is 2. The third-order valence-corrected chi connectivity index (χ3v) is 3.50. The summed E-state index contributed by atoms with van der Waals surface area (Å²) in [4.78, 5) is 20.5. The zero-order valence-corrected chi connectivity index (χ0v) is 12.4. The van der Waals surface area contributed by atoms with Crippen LogP contribution in [0.25, 0.3) is 0 Å². The second kappa shape index (κ2) is 7.22. The van der Waals surface area contributed by atoms with Crippen molar-refractivity contribution in [1.29, 1.82) is 0 Å². The second-order valence-corrected chi connectivity index (χ2v) is 5.85. The number of nitrogens with zero attached hydrogens (tertiary/aromatic N) is 2. The van der Waals surface area contributed by atoms with Crippen molar-refractivity contribution < 1.29 is 4.79 Å². The van der Waals surface area contributed by atoms with Crippen LogP contribution in [0.1, 0.15) is 56.4 Å². The molecule has 2 N–H and O–H groups in total. The van der Waals surface area contributed by atoms with Crippen LogP contribution in [0.3, 0.4) is 0 Å². The maximum Gasteiger partial charge on any atom is 0.270 e. The van der Waals surface area contributed by atoms with Crippen molar-refractivity contribution in [1.82, 2.24) is 15.3 Å². The molecule has 0 aliphatic heterocycles. The maximum atomic E-state index is 12.0. The Morgan fingerprint density at radius 3 is 2.80 bits per heavy atom. The van der Waals surface area contributed by atoms with Gasteiger partial charge in [0.05, 0.1) is 0 Å². The summed E-state index contributed by atoms with van der Waals surface area (Å²) in [5.41, 5.74) is 0.430. The van der Waals surface area contributed by atoms with Crippen LogP contribution in [0.2, 0.25) is 0 Å². The highest BCUT2D eigenvalue weighted by Crippen LogP contribution is 2.20. The lowest BCUT2D eigenvalue weighted by Gasteiger charge is -2.22. The lowest BCUT2D eigenvalue weighted by atomic mass is 9.96. The molecule has 5 nitrogen and oxygen atoms in total. The van der Waals surface area contributed by atoms with Gasteiger partial charge in [0.1, 0.15) is 5.69 Å². The van der Waals surface area contributed by atoms with E-state index in [1.807, 2.05) is 0 Å². The molecule has 2 rings (SSSR count). The van der Waals surface area contributed by atoms with Crippen LogP contribution < -0.4 is 10.6 Å². The number of anilines is 1. The fraction of sp³-hybridized carbons (Fsp3) is 0.667. The van der Waals surface area contributed by atoms with E-state index in [9.17, 15) is 4.79 Å². The SMILES string of the molecule is CC(C)CNC(=O)c1ccnc(NC2CCCCC2)n1. The second-order valence-electron chi connectivity index (χ2n) is 5.85. The predicted octanol–water partition coefficient (Wildman–Crippen LogP) is 2.61. The summed E-state index contributed by atoms with van der Waals surface area (Å²) in [6.45, 7) is 4.79. The Balaban J connectivity index is 1.94. The molecular weight excluding hydrogens is 252 g/mol. The van der Waals surface area contributed by atoms with Gasteiger partial charge in [0.15, 0.2) is 0 Å². The minimum absolute atomic E-state index is 0.132. The summed E-state index contributed by atoms with van der Waals surface area (Å²) < 4.78 is 0. The van der Waals surface area contributed by atoms with Gasteiger partial charge in [-0.1, -0.05) is 33.1 Å². The number of carbonyl (C=O) groups excluding carboxylic acids is 1. The van der Waals surface area contributed by atoms with Gasteiger partial charge < -0.3 is 10.6 Å². The topological polar surface area (TPSA) is 66.9 Å². The van der Waals surface area contributed by atoms with E-state index in [1.54, 1.807) is 12.3 Å². The molecular formula is C15H24N4O. The van der Waals surface area contributed by atoms with Gasteiger partial charge in [-0.3, -0.25) is 4.79 Å². The van der Waals surface area contributed by atoms with Crippen LogP contribution in [-0.4, -0.2) is 28.5 Å². The monoisotopic (exact) mass is 276 g/mol. The highest BCUT2D eigenvalue weighted by atomic mass is 16.1. The van der Waals surface area contributed by atoms with Gasteiger partial charge in [0.25, 0.3) is 5.91 Å². The molecule has 0 radical (unpaired) electrons. The molecule has 0 unspecified atom stereocenters. The average molecular weight is 276 g/mol. The summed E-state index contributed by atoms with van der Waals surface area (Å²) in [5.74, 6) is 0.863. The zero-order valence-electron chi connectivity index (χ0n) is 12.4. The Kier molecular flexibility index (Phi) is 5.32. The van der Waals surface area contributed by atoms with E-state index in [0.717, 1.165) is 12.8 Å². The molecule has 0 saturated heterocycles. The van der Waals surface area contributed by atoms with Crippen LogP contribution in [0, 0.1) is 5.92 Å². The Morgan fingerprint density at radius 1 is 1.35 bits per heavy atom. The number of aromatic nitrogens is 2. The average Bonchev–Trinajstić information content (AvgIpc) is 2.46. The van der Waals surface area contributed by atoms with Crippen molar-refractivity contribution in [2.75, 3.05) is 11.9 Å². The molecule has 1 aliphatic rings.